The number of aromatic hydroxyl groups is 1. The number of nitriles is 1. The van der Waals surface area contributed by atoms with Crippen LogP contribution in [0.15, 0.2) is 90.3 Å². The van der Waals surface area contributed by atoms with E-state index >= 15 is 0 Å². The molecule has 6 aromatic rings. The molecule has 0 saturated carbocycles. The van der Waals surface area contributed by atoms with E-state index in [1.54, 1.807) is 24.4 Å². The fourth-order valence-corrected chi connectivity index (χ4v) is 8.57. The van der Waals surface area contributed by atoms with Crippen LogP contribution in [0.3, 0.4) is 0 Å². The van der Waals surface area contributed by atoms with Crippen LogP contribution in [-0.2, 0) is 16.6 Å². The van der Waals surface area contributed by atoms with Crippen LogP contribution < -0.4 is 4.90 Å². The van der Waals surface area contributed by atoms with Gasteiger partial charge in [-0.25, -0.2) is 31.4 Å². The highest BCUT2D eigenvalue weighted by Gasteiger charge is 2.45. The number of hydrogen-bond acceptors (Lipinski definition) is 9. The van der Waals surface area contributed by atoms with Gasteiger partial charge in [-0.2, -0.15) is 19.1 Å². The predicted molar refractivity (Wildman–Crippen MR) is 182 cm³/mol. The highest BCUT2D eigenvalue weighted by atomic mass is 32.2. The van der Waals surface area contributed by atoms with Crippen LogP contribution in [-0.4, -0.2) is 67.3 Å². The summed E-state index contributed by atoms with van der Waals surface area (Å²) in [5.74, 6) is 0.384. The van der Waals surface area contributed by atoms with E-state index in [2.05, 4.69) is 26.0 Å². The molecule has 258 valence electrons. The highest BCUT2D eigenvalue weighted by molar-refractivity contribution is 7.90. The summed E-state index contributed by atoms with van der Waals surface area (Å²) in [6.07, 6.45) is 6.11. The Morgan fingerprint density at radius 2 is 1.75 bits per heavy atom. The first-order valence-electron chi connectivity index (χ1n) is 16.1. The lowest BCUT2D eigenvalue weighted by molar-refractivity contribution is -0.00921. The van der Waals surface area contributed by atoms with E-state index in [4.69, 9.17) is 4.98 Å². The average Bonchev–Trinajstić information content (AvgIpc) is 3.78. The number of anilines is 1. The van der Waals surface area contributed by atoms with Gasteiger partial charge in [0.15, 0.2) is 5.65 Å². The van der Waals surface area contributed by atoms with Gasteiger partial charge in [0.2, 0.25) is 0 Å². The number of alkyl halides is 2. The van der Waals surface area contributed by atoms with Gasteiger partial charge in [-0.15, -0.1) is 0 Å². The molecule has 2 atom stereocenters. The monoisotopic (exact) mass is 710 g/mol. The van der Waals surface area contributed by atoms with Crippen LogP contribution in [0, 0.1) is 24.1 Å². The number of benzene rings is 2. The Morgan fingerprint density at radius 3 is 2.41 bits per heavy atom. The first kappa shape index (κ1) is 32.5. The van der Waals surface area contributed by atoms with Crippen molar-refractivity contribution in [3.05, 3.63) is 108 Å². The van der Waals surface area contributed by atoms with Gasteiger partial charge in [-0.05, 0) is 61.9 Å². The molecule has 3 saturated heterocycles. The summed E-state index contributed by atoms with van der Waals surface area (Å²) in [5.41, 5.74) is 2.67. The van der Waals surface area contributed by atoms with Gasteiger partial charge in [-0.3, -0.25) is 4.90 Å². The molecule has 11 nitrogen and oxygen atoms in total. The first-order chi connectivity index (χ1) is 24.5. The van der Waals surface area contributed by atoms with Crippen LogP contribution in [0.25, 0.3) is 33.4 Å². The second-order valence-corrected chi connectivity index (χ2v) is 14.6. The van der Waals surface area contributed by atoms with E-state index in [1.165, 1.54) is 42.6 Å². The molecule has 0 radical (unpaired) electrons. The zero-order chi connectivity index (χ0) is 35.6. The summed E-state index contributed by atoms with van der Waals surface area (Å²) < 4.78 is 70.7. The van der Waals surface area contributed by atoms with Gasteiger partial charge < -0.3 is 10.0 Å². The molecule has 7 heterocycles. The van der Waals surface area contributed by atoms with E-state index in [9.17, 15) is 32.0 Å². The Kier molecular flexibility index (Phi) is 7.80. The minimum Gasteiger partial charge on any atom is -0.508 e. The molecule has 2 unspecified atom stereocenters. The largest absolute Gasteiger partial charge is 0.508 e. The number of fused-ring (bicyclic) bond motifs is 3. The number of phenolic OH excluding ortho intramolecular Hbond substituents is 1. The number of pyridine rings is 2. The van der Waals surface area contributed by atoms with E-state index in [-0.39, 0.29) is 45.2 Å². The van der Waals surface area contributed by atoms with Crippen LogP contribution in [0.2, 0.25) is 0 Å². The van der Waals surface area contributed by atoms with Crippen molar-refractivity contribution in [2.24, 2.45) is 0 Å². The summed E-state index contributed by atoms with van der Waals surface area (Å²) in [5, 5.41) is 24.4. The van der Waals surface area contributed by atoms with Gasteiger partial charge in [0.25, 0.3) is 10.0 Å². The smallest absolute Gasteiger partial charge is 0.333 e. The Balaban J connectivity index is 1.16. The lowest BCUT2D eigenvalue weighted by Gasteiger charge is -2.56. The fourth-order valence-electron chi connectivity index (χ4n) is 7.09. The van der Waals surface area contributed by atoms with E-state index < -0.39 is 22.4 Å². The maximum absolute atomic E-state index is 14.2. The normalized spacial score (nSPS) is 17.5. The highest BCUT2D eigenvalue weighted by Crippen LogP contribution is 2.40. The van der Waals surface area contributed by atoms with Gasteiger partial charge in [0.1, 0.15) is 23.5 Å². The Bertz CT molecular complexity index is 2450. The van der Waals surface area contributed by atoms with Crippen LogP contribution in [0.5, 0.6) is 5.75 Å². The average molecular weight is 711 g/mol. The number of piperidine rings is 1. The predicted octanol–water partition coefficient (Wildman–Crippen LogP) is 6.08. The standard InChI is InChI=1S/C36H29F3N8O3S/c1-21-2-6-29(7-3-21)51(49,50)47-31(25-16-43-46(18-25)36(38)39)12-30-34(24(13-40)15-42-35(30)47)22-4-9-33(41-14-22)44-19-27-11-28(20-44)45(27)17-23-10-26(37)5-8-32(23)48/h2-10,12,14-16,18,27-28,36,48H,11,17,19-20H2,1H3. The van der Waals surface area contributed by atoms with Crippen molar-refractivity contribution >= 4 is 26.9 Å². The lowest BCUT2D eigenvalue weighted by atomic mass is 9.86. The number of aromatic nitrogens is 5. The first-order valence-corrected chi connectivity index (χ1v) is 17.5. The number of phenols is 1. The summed E-state index contributed by atoms with van der Waals surface area (Å²) in [6.45, 7) is 0.684. The summed E-state index contributed by atoms with van der Waals surface area (Å²) >= 11 is 0. The minimum atomic E-state index is -4.31. The number of piperazine rings is 1. The molecule has 0 aliphatic carbocycles. The van der Waals surface area contributed by atoms with E-state index in [0.29, 0.717) is 52.2 Å². The molecule has 2 bridgehead atoms. The zero-order valence-electron chi connectivity index (χ0n) is 27.0. The van der Waals surface area contributed by atoms with Crippen molar-refractivity contribution in [1.82, 2.24) is 28.6 Å². The number of halogens is 3. The molecule has 0 spiro atoms. The van der Waals surface area contributed by atoms with E-state index in [0.717, 1.165) is 28.4 Å². The number of aryl methyl sites for hydroxylation is 1. The third-order valence-corrected chi connectivity index (χ3v) is 11.4. The second kappa shape index (κ2) is 12.3. The maximum Gasteiger partial charge on any atom is 0.333 e. The third-order valence-electron chi connectivity index (χ3n) is 9.66. The molecule has 0 amide bonds. The quantitative estimate of drug-likeness (QED) is 0.200. The molecule has 3 aliphatic rings. The van der Waals surface area contributed by atoms with Crippen molar-refractivity contribution in [2.45, 2.75) is 43.4 Å². The topological polar surface area (TPSA) is 133 Å². The minimum absolute atomic E-state index is 0.00833. The maximum atomic E-state index is 14.2. The van der Waals surface area contributed by atoms with Gasteiger partial charge >= 0.3 is 6.55 Å². The van der Waals surface area contributed by atoms with Crippen molar-refractivity contribution in [2.75, 3.05) is 18.0 Å². The van der Waals surface area contributed by atoms with Crippen LogP contribution in [0.4, 0.5) is 19.0 Å². The molecule has 1 N–H and O–H groups in total. The van der Waals surface area contributed by atoms with Crippen LogP contribution >= 0.6 is 0 Å². The number of rotatable bonds is 8. The van der Waals surface area contributed by atoms with Gasteiger partial charge in [-0.1, -0.05) is 17.7 Å². The molecule has 2 aromatic carbocycles. The van der Waals surface area contributed by atoms with Gasteiger partial charge in [0, 0.05) is 77.9 Å². The summed E-state index contributed by atoms with van der Waals surface area (Å²) in [4.78, 5) is 13.5. The lowest BCUT2D eigenvalue weighted by Crippen LogP contribution is -2.68. The molecular weight excluding hydrogens is 682 g/mol. The SMILES string of the molecule is Cc1ccc(S(=O)(=O)n2c(-c3cnn(C(F)F)c3)cc3c(-c4ccc(N5CC6CC(C5)N6Cc5cc(F)ccc5O)nc4)c(C#N)cnc32)cc1. The van der Waals surface area contributed by atoms with Crippen molar-refractivity contribution in [1.29, 1.82) is 5.26 Å². The molecule has 15 heteroatoms. The molecule has 4 aromatic heterocycles. The van der Waals surface area contributed by atoms with Gasteiger partial charge in [0.05, 0.1) is 22.3 Å². The molecular formula is C36H29F3N8O3S. The van der Waals surface area contributed by atoms with Crippen molar-refractivity contribution in [3.63, 3.8) is 0 Å². The molecule has 3 fully saturated rings. The summed E-state index contributed by atoms with van der Waals surface area (Å²) in [6, 6.07) is 17.9. The Hall–Kier alpha value is -5.72. The number of nitrogens with zero attached hydrogens (tertiary/aromatic N) is 8. The Labute approximate surface area is 290 Å². The molecule has 3 aliphatic heterocycles. The number of hydrogen-bond donors (Lipinski definition) is 1. The van der Waals surface area contributed by atoms with Crippen molar-refractivity contribution in [3.8, 4) is 34.2 Å². The zero-order valence-corrected chi connectivity index (χ0v) is 27.8. The second-order valence-electron chi connectivity index (χ2n) is 12.8. The third kappa shape index (κ3) is 5.56. The fraction of sp³-hybridized carbons (Fsp3) is 0.222. The molecule has 51 heavy (non-hydrogen) atoms. The van der Waals surface area contributed by atoms with Crippen molar-refractivity contribution < 1.29 is 26.7 Å². The molecule has 9 rings (SSSR count). The Morgan fingerprint density at radius 1 is 0.980 bits per heavy atom. The van der Waals surface area contributed by atoms with E-state index in [1.807, 2.05) is 13.0 Å². The summed E-state index contributed by atoms with van der Waals surface area (Å²) in [7, 11) is -4.31. The van der Waals surface area contributed by atoms with Crippen LogP contribution in [0.1, 0.15) is 29.7 Å².